The normalized spacial score (nSPS) is 10.5. The van der Waals surface area contributed by atoms with Crippen molar-refractivity contribution in [2.75, 3.05) is 0 Å². The van der Waals surface area contributed by atoms with Crippen molar-refractivity contribution >= 4 is 39.5 Å². The van der Waals surface area contributed by atoms with Gasteiger partial charge in [-0.05, 0) is 34.1 Å². The molecule has 0 unspecified atom stereocenters. The van der Waals surface area contributed by atoms with Crippen LogP contribution in [0.2, 0.25) is 0 Å². The summed E-state index contributed by atoms with van der Waals surface area (Å²) in [5.74, 6) is -1.15. The van der Waals surface area contributed by atoms with Crippen LogP contribution in [0, 0.1) is 10.1 Å². The molecule has 2 aromatic rings. The van der Waals surface area contributed by atoms with E-state index < -0.39 is 16.7 Å². The lowest BCUT2D eigenvalue weighted by molar-refractivity contribution is -0.385. The Hall–Kier alpha value is -2.94. The van der Waals surface area contributed by atoms with Gasteiger partial charge in [-0.1, -0.05) is 12.1 Å². The third-order valence-electron chi connectivity index (χ3n) is 2.74. The topological polar surface area (TPSA) is 117 Å². The van der Waals surface area contributed by atoms with E-state index in [2.05, 4.69) is 31.8 Å². The fourth-order valence-corrected chi connectivity index (χ4v) is 2.03. The van der Waals surface area contributed by atoms with Crippen LogP contribution < -0.4 is 10.9 Å². The summed E-state index contributed by atoms with van der Waals surface area (Å²) in [4.78, 5) is 36.3. The Morgan fingerprint density at radius 2 is 2.00 bits per heavy atom. The monoisotopic (exact) mass is 378 g/mol. The number of hydrogen-bond acceptors (Lipinski definition) is 4. The predicted molar refractivity (Wildman–Crippen MR) is 86.2 cm³/mol. The van der Waals surface area contributed by atoms with Crippen LogP contribution in [-0.2, 0) is 4.79 Å². The lowest BCUT2D eigenvalue weighted by Crippen LogP contribution is -2.40. The van der Waals surface area contributed by atoms with E-state index in [4.69, 9.17) is 0 Å². The van der Waals surface area contributed by atoms with E-state index in [9.17, 15) is 19.7 Å². The zero-order chi connectivity index (χ0) is 16.8. The van der Waals surface area contributed by atoms with Crippen molar-refractivity contribution in [1.29, 1.82) is 0 Å². The van der Waals surface area contributed by atoms with Crippen LogP contribution in [-0.4, -0.2) is 21.7 Å². The standard InChI is InChI=1S/C14H11BrN4O4/c15-10-7-11(16-8-10)14(21)18-17-13(20)6-5-9-3-1-2-4-12(9)19(22)23/h1-8,16H,(H,17,20)(H,18,21)/b6-5+. The van der Waals surface area contributed by atoms with Crippen molar-refractivity contribution in [1.82, 2.24) is 15.8 Å². The molecule has 0 aliphatic heterocycles. The van der Waals surface area contributed by atoms with Gasteiger partial charge in [0.2, 0.25) is 0 Å². The quantitative estimate of drug-likeness (QED) is 0.429. The van der Waals surface area contributed by atoms with Crippen molar-refractivity contribution in [3.63, 3.8) is 0 Å². The molecule has 0 saturated heterocycles. The zero-order valence-electron chi connectivity index (χ0n) is 11.6. The van der Waals surface area contributed by atoms with Crippen molar-refractivity contribution in [2.24, 2.45) is 0 Å². The van der Waals surface area contributed by atoms with E-state index in [1.807, 2.05) is 0 Å². The summed E-state index contributed by atoms with van der Waals surface area (Å²) < 4.78 is 0.699. The SMILES string of the molecule is O=C(/C=C/c1ccccc1[N+](=O)[O-])NNC(=O)c1cc(Br)c[nH]1. The molecule has 9 heteroatoms. The van der Waals surface area contributed by atoms with Gasteiger partial charge in [0, 0.05) is 22.8 Å². The lowest BCUT2D eigenvalue weighted by Gasteiger charge is -2.03. The molecule has 1 aromatic heterocycles. The number of amides is 2. The van der Waals surface area contributed by atoms with Gasteiger partial charge in [-0.3, -0.25) is 30.6 Å². The minimum atomic E-state index is -0.623. The number of aromatic amines is 1. The molecular formula is C14H11BrN4O4. The second kappa shape index (κ2) is 7.36. The number of nitro benzene ring substituents is 1. The van der Waals surface area contributed by atoms with Gasteiger partial charge in [-0.15, -0.1) is 0 Å². The smallest absolute Gasteiger partial charge is 0.286 e. The van der Waals surface area contributed by atoms with Gasteiger partial charge in [0.25, 0.3) is 17.5 Å². The minimum absolute atomic E-state index is 0.114. The number of para-hydroxylation sites is 1. The van der Waals surface area contributed by atoms with Crippen LogP contribution in [0.25, 0.3) is 6.08 Å². The fraction of sp³-hybridized carbons (Fsp3) is 0. The summed E-state index contributed by atoms with van der Waals surface area (Å²) in [6, 6.07) is 7.55. The summed E-state index contributed by atoms with van der Waals surface area (Å²) >= 11 is 3.18. The fourth-order valence-electron chi connectivity index (χ4n) is 1.69. The maximum atomic E-state index is 11.7. The van der Waals surface area contributed by atoms with E-state index in [0.29, 0.717) is 4.47 Å². The van der Waals surface area contributed by atoms with Gasteiger partial charge in [-0.2, -0.15) is 0 Å². The Morgan fingerprint density at radius 1 is 1.26 bits per heavy atom. The lowest BCUT2D eigenvalue weighted by atomic mass is 10.1. The molecule has 118 valence electrons. The summed E-state index contributed by atoms with van der Waals surface area (Å²) in [5, 5.41) is 10.8. The molecule has 0 spiro atoms. The first-order chi connectivity index (χ1) is 11.0. The van der Waals surface area contributed by atoms with Gasteiger partial charge in [0.05, 0.1) is 10.5 Å². The Morgan fingerprint density at radius 3 is 2.65 bits per heavy atom. The van der Waals surface area contributed by atoms with Crippen LogP contribution in [0.15, 0.2) is 47.1 Å². The molecule has 23 heavy (non-hydrogen) atoms. The Labute approximate surface area is 138 Å². The van der Waals surface area contributed by atoms with Crippen molar-refractivity contribution < 1.29 is 14.5 Å². The molecule has 8 nitrogen and oxygen atoms in total. The molecule has 0 radical (unpaired) electrons. The molecule has 2 rings (SSSR count). The van der Waals surface area contributed by atoms with E-state index in [-0.39, 0.29) is 16.9 Å². The summed E-state index contributed by atoms with van der Waals surface area (Å²) in [7, 11) is 0. The summed E-state index contributed by atoms with van der Waals surface area (Å²) in [6.07, 6.45) is 3.96. The molecule has 3 N–H and O–H groups in total. The second-order valence-electron chi connectivity index (χ2n) is 4.32. The zero-order valence-corrected chi connectivity index (χ0v) is 13.2. The molecular weight excluding hydrogens is 368 g/mol. The summed E-state index contributed by atoms with van der Waals surface area (Å²) in [5.41, 5.74) is 4.82. The number of nitrogens with one attached hydrogen (secondary N) is 3. The maximum Gasteiger partial charge on any atom is 0.286 e. The maximum absolute atomic E-state index is 11.7. The van der Waals surface area contributed by atoms with Crippen LogP contribution in [0.3, 0.4) is 0 Å². The van der Waals surface area contributed by atoms with Crippen LogP contribution in [0.5, 0.6) is 0 Å². The molecule has 0 aliphatic rings. The number of H-pyrrole nitrogens is 1. The third-order valence-corrected chi connectivity index (χ3v) is 3.20. The van der Waals surface area contributed by atoms with E-state index in [1.165, 1.54) is 24.3 Å². The number of aromatic nitrogens is 1. The highest BCUT2D eigenvalue weighted by atomic mass is 79.9. The van der Waals surface area contributed by atoms with E-state index in [1.54, 1.807) is 18.3 Å². The highest BCUT2D eigenvalue weighted by molar-refractivity contribution is 9.10. The van der Waals surface area contributed by atoms with Gasteiger partial charge < -0.3 is 4.98 Å². The highest BCUT2D eigenvalue weighted by Gasteiger charge is 2.10. The van der Waals surface area contributed by atoms with Gasteiger partial charge in [-0.25, -0.2) is 0 Å². The van der Waals surface area contributed by atoms with Crippen LogP contribution in [0.1, 0.15) is 16.1 Å². The largest absolute Gasteiger partial charge is 0.356 e. The van der Waals surface area contributed by atoms with Crippen LogP contribution >= 0.6 is 15.9 Å². The third kappa shape index (κ3) is 4.51. The van der Waals surface area contributed by atoms with Gasteiger partial charge in [0.1, 0.15) is 5.69 Å². The number of nitrogens with zero attached hydrogens (tertiary/aromatic N) is 1. The molecule has 1 aromatic carbocycles. The number of carbonyl (C=O) groups is 2. The number of rotatable bonds is 4. The molecule has 1 heterocycles. The number of nitro groups is 1. The van der Waals surface area contributed by atoms with Crippen LogP contribution in [0.4, 0.5) is 5.69 Å². The number of halogens is 1. The first-order valence-electron chi connectivity index (χ1n) is 6.33. The molecule has 2 amide bonds. The number of hydrazine groups is 1. The van der Waals surface area contributed by atoms with Gasteiger partial charge >= 0.3 is 0 Å². The molecule has 0 saturated carbocycles. The van der Waals surface area contributed by atoms with E-state index >= 15 is 0 Å². The number of carbonyl (C=O) groups excluding carboxylic acids is 2. The molecule has 0 atom stereocenters. The Kier molecular flexibility index (Phi) is 5.26. The molecule has 0 bridgehead atoms. The first kappa shape index (κ1) is 16.4. The first-order valence-corrected chi connectivity index (χ1v) is 7.12. The van der Waals surface area contributed by atoms with Crippen molar-refractivity contribution in [3.05, 3.63) is 68.4 Å². The number of benzene rings is 1. The predicted octanol–water partition coefficient (Wildman–Crippen LogP) is 2.16. The number of hydrogen-bond donors (Lipinski definition) is 3. The average Bonchev–Trinajstić information content (AvgIpc) is 2.97. The van der Waals surface area contributed by atoms with Gasteiger partial charge in [0.15, 0.2) is 0 Å². The molecule has 0 fully saturated rings. The second-order valence-corrected chi connectivity index (χ2v) is 5.24. The van der Waals surface area contributed by atoms with E-state index in [0.717, 1.165) is 6.08 Å². The molecule has 0 aliphatic carbocycles. The minimum Gasteiger partial charge on any atom is -0.356 e. The van der Waals surface area contributed by atoms with Crippen molar-refractivity contribution in [3.8, 4) is 0 Å². The highest BCUT2D eigenvalue weighted by Crippen LogP contribution is 2.18. The average molecular weight is 379 g/mol. The Bertz CT molecular complexity index is 785. The summed E-state index contributed by atoms with van der Waals surface area (Å²) in [6.45, 7) is 0. The Balaban J connectivity index is 1.95. The van der Waals surface area contributed by atoms with Crippen molar-refractivity contribution in [2.45, 2.75) is 0 Å².